The van der Waals surface area contributed by atoms with E-state index in [9.17, 15) is 0 Å². The summed E-state index contributed by atoms with van der Waals surface area (Å²) < 4.78 is 55.9. The summed E-state index contributed by atoms with van der Waals surface area (Å²) in [7, 11) is 3.26. The number of nitrogens with zero attached hydrogens (tertiary/aromatic N) is 3. The van der Waals surface area contributed by atoms with Gasteiger partial charge in [0.05, 0.1) is 46.3 Å². The first-order valence-corrected chi connectivity index (χ1v) is 13.7. The molecule has 7 rings (SSSR count). The molecule has 12 heteroatoms. The van der Waals surface area contributed by atoms with E-state index in [4.69, 9.17) is 42.6 Å². The van der Waals surface area contributed by atoms with Gasteiger partial charge in [-0.2, -0.15) is 0 Å². The summed E-state index contributed by atoms with van der Waals surface area (Å²) in [5.74, 6) is 4.07. The predicted molar refractivity (Wildman–Crippen MR) is 141 cm³/mol. The Balaban J connectivity index is 1.26. The highest BCUT2D eigenvalue weighted by molar-refractivity contribution is 5.55. The van der Waals surface area contributed by atoms with Gasteiger partial charge in [0.2, 0.25) is 13.6 Å². The van der Waals surface area contributed by atoms with Crippen molar-refractivity contribution in [3.63, 3.8) is 0 Å². The van der Waals surface area contributed by atoms with Crippen molar-refractivity contribution in [2.24, 2.45) is 11.8 Å². The lowest BCUT2D eigenvalue weighted by atomic mass is 9.80. The Morgan fingerprint density at radius 3 is 2.20 bits per heavy atom. The Morgan fingerprint density at radius 1 is 0.902 bits per heavy atom. The van der Waals surface area contributed by atoms with Crippen LogP contribution >= 0.6 is 0 Å². The second kappa shape index (κ2) is 10.3. The SMILES string of the molecule is COc1cc2c(cc1[C@H]1OC[C@@]3(OCc4cn(CC(C)C)nn4)[C@@H]1CO[C@H]3c1cc3c(cc1OC)OCO3)OCO2. The van der Waals surface area contributed by atoms with Gasteiger partial charge in [0.15, 0.2) is 23.0 Å². The molecule has 5 heterocycles. The van der Waals surface area contributed by atoms with Crippen LogP contribution in [0.5, 0.6) is 34.5 Å². The van der Waals surface area contributed by atoms with Gasteiger partial charge in [0.1, 0.15) is 28.9 Å². The van der Waals surface area contributed by atoms with E-state index in [-0.39, 0.29) is 38.8 Å². The number of rotatable bonds is 9. The quantitative estimate of drug-likeness (QED) is 0.376. The lowest BCUT2D eigenvalue weighted by Crippen LogP contribution is -2.42. The number of methoxy groups -OCH3 is 2. The maximum Gasteiger partial charge on any atom is 0.231 e. The summed E-state index contributed by atoms with van der Waals surface area (Å²) >= 11 is 0. The van der Waals surface area contributed by atoms with Gasteiger partial charge >= 0.3 is 0 Å². The number of hydrogen-bond acceptors (Lipinski definition) is 11. The van der Waals surface area contributed by atoms with Gasteiger partial charge in [-0.3, -0.25) is 4.68 Å². The van der Waals surface area contributed by atoms with Crippen LogP contribution in [0.3, 0.4) is 0 Å². The standard InChI is InChI=1S/C29H33N3O9/c1-16(2)9-32-10-17(30-31-32)11-41-29-13-36-27(18-5-23-25(39-14-37-23)7-21(18)33-3)20(29)12-35-28(29)19-6-24-26(40-15-38-24)8-22(19)34-4/h5-8,10,16,20,27-28H,9,11-15H2,1-4H3/t20-,27-,28+,29-/m1/s1. The molecule has 2 fully saturated rings. The number of benzene rings is 2. The zero-order valence-corrected chi connectivity index (χ0v) is 23.5. The van der Waals surface area contributed by atoms with Gasteiger partial charge in [-0.25, -0.2) is 0 Å². The molecule has 0 N–H and O–H groups in total. The molecule has 12 nitrogen and oxygen atoms in total. The second-order valence-electron chi connectivity index (χ2n) is 11.0. The Hall–Kier alpha value is -3.74. The highest BCUT2D eigenvalue weighted by Gasteiger charge is 2.62. The minimum Gasteiger partial charge on any atom is -0.496 e. The topological polar surface area (TPSA) is 114 Å². The monoisotopic (exact) mass is 567 g/mol. The van der Waals surface area contributed by atoms with Gasteiger partial charge in [-0.15, -0.1) is 5.10 Å². The molecule has 2 saturated heterocycles. The molecule has 0 spiro atoms. The minimum atomic E-state index is -0.880. The second-order valence-corrected chi connectivity index (χ2v) is 11.0. The summed E-state index contributed by atoms with van der Waals surface area (Å²) in [5, 5.41) is 8.64. The molecule has 0 radical (unpaired) electrons. The largest absolute Gasteiger partial charge is 0.496 e. The minimum absolute atomic E-state index is 0.152. The number of hydrogen-bond donors (Lipinski definition) is 0. The molecular weight excluding hydrogens is 534 g/mol. The first kappa shape index (κ1) is 26.2. The van der Waals surface area contributed by atoms with Crippen LogP contribution in [0, 0.1) is 11.8 Å². The fourth-order valence-electron chi connectivity index (χ4n) is 6.16. The summed E-state index contributed by atoms with van der Waals surface area (Å²) in [5.41, 5.74) is 1.49. The van der Waals surface area contributed by atoms with Gasteiger partial charge in [-0.1, -0.05) is 19.1 Å². The fraction of sp³-hybridized carbons (Fsp3) is 0.517. The third-order valence-electron chi connectivity index (χ3n) is 8.03. The van der Waals surface area contributed by atoms with Crippen LogP contribution in [0.4, 0.5) is 0 Å². The smallest absolute Gasteiger partial charge is 0.231 e. The van der Waals surface area contributed by atoms with E-state index in [1.165, 1.54) is 0 Å². The van der Waals surface area contributed by atoms with Crippen molar-refractivity contribution in [2.75, 3.05) is 41.0 Å². The molecule has 2 aromatic carbocycles. The number of aromatic nitrogens is 3. The van der Waals surface area contributed by atoms with E-state index in [1.807, 2.05) is 35.1 Å². The first-order chi connectivity index (χ1) is 20.0. The van der Waals surface area contributed by atoms with Crippen LogP contribution in [0.15, 0.2) is 30.5 Å². The summed E-state index contributed by atoms with van der Waals surface area (Å²) in [6.45, 7) is 6.25. The molecule has 4 atom stereocenters. The third-order valence-corrected chi connectivity index (χ3v) is 8.03. The molecule has 218 valence electrons. The van der Waals surface area contributed by atoms with E-state index in [2.05, 4.69) is 24.2 Å². The highest BCUT2D eigenvalue weighted by atomic mass is 16.7. The maximum absolute atomic E-state index is 6.83. The van der Waals surface area contributed by atoms with Crippen LogP contribution in [-0.2, 0) is 27.4 Å². The Labute approximate surface area is 237 Å². The number of ether oxygens (including phenoxy) is 9. The lowest BCUT2D eigenvalue weighted by molar-refractivity contribution is -0.118. The van der Waals surface area contributed by atoms with Crippen LogP contribution in [0.2, 0.25) is 0 Å². The molecule has 3 aromatic rings. The summed E-state index contributed by atoms with van der Waals surface area (Å²) in [6.07, 6.45) is 1.01. The Morgan fingerprint density at radius 2 is 1.54 bits per heavy atom. The van der Waals surface area contributed by atoms with Crippen LogP contribution in [0.1, 0.15) is 42.9 Å². The molecular formula is C29H33N3O9. The van der Waals surface area contributed by atoms with Crippen molar-refractivity contribution >= 4 is 0 Å². The Bertz CT molecular complexity index is 1440. The summed E-state index contributed by atoms with van der Waals surface area (Å²) in [6, 6.07) is 7.50. The van der Waals surface area contributed by atoms with Gasteiger partial charge in [0, 0.05) is 35.7 Å². The van der Waals surface area contributed by atoms with Crippen molar-refractivity contribution in [2.45, 2.75) is 44.8 Å². The van der Waals surface area contributed by atoms with E-state index in [0.717, 1.165) is 23.4 Å². The van der Waals surface area contributed by atoms with Gasteiger partial charge < -0.3 is 42.6 Å². The fourth-order valence-corrected chi connectivity index (χ4v) is 6.16. The average Bonchev–Trinajstić information content (AvgIpc) is 3.79. The number of fused-ring (bicyclic) bond motifs is 3. The van der Waals surface area contributed by atoms with E-state index < -0.39 is 11.7 Å². The van der Waals surface area contributed by atoms with Crippen LogP contribution in [0.25, 0.3) is 0 Å². The normalized spacial score (nSPS) is 25.6. The molecule has 0 unspecified atom stereocenters. The van der Waals surface area contributed by atoms with Crippen LogP contribution in [-0.4, -0.2) is 61.6 Å². The van der Waals surface area contributed by atoms with E-state index in [1.54, 1.807) is 14.2 Å². The zero-order chi connectivity index (χ0) is 28.1. The Kier molecular flexibility index (Phi) is 6.56. The maximum atomic E-state index is 6.83. The molecule has 4 aliphatic rings. The zero-order valence-electron chi connectivity index (χ0n) is 23.5. The van der Waals surface area contributed by atoms with Gasteiger partial charge in [0.25, 0.3) is 0 Å². The molecule has 41 heavy (non-hydrogen) atoms. The molecule has 4 aliphatic heterocycles. The van der Waals surface area contributed by atoms with Crippen LogP contribution < -0.4 is 28.4 Å². The molecule has 1 aromatic heterocycles. The van der Waals surface area contributed by atoms with Crippen molar-refractivity contribution in [1.29, 1.82) is 0 Å². The van der Waals surface area contributed by atoms with Crippen molar-refractivity contribution in [3.05, 3.63) is 47.3 Å². The highest BCUT2D eigenvalue weighted by Crippen LogP contribution is 2.59. The molecule has 0 bridgehead atoms. The third kappa shape index (κ3) is 4.41. The van der Waals surface area contributed by atoms with E-state index in [0.29, 0.717) is 47.0 Å². The van der Waals surface area contributed by atoms with Crippen molar-refractivity contribution in [1.82, 2.24) is 15.0 Å². The molecule has 0 aliphatic carbocycles. The molecule has 0 saturated carbocycles. The van der Waals surface area contributed by atoms with E-state index >= 15 is 0 Å². The summed E-state index contributed by atoms with van der Waals surface area (Å²) in [4.78, 5) is 0. The lowest BCUT2D eigenvalue weighted by Gasteiger charge is -2.33. The molecule has 0 amide bonds. The average molecular weight is 568 g/mol. The van der Waals surface area contributed by atoms with Crippen molar-refractivity contribution in [3.8, 4) is 34.5 Å². The first-order valence-electron chi connectivity index (χ1n) is 13.7. The predicted octanol–water partition coefficient (Wildman–Crippen LogP) is 3.82. The van der Waals surface area contributed by atoms with Gasteiger partial charge in [-0.05, 0) is 18.1 Å². The van der Waals surface area contributed by atoms with Crippen molar-refractivity contribution < 1.29 is 42.6 Å².